The topological polar surface area (TPSA) is 145 Å². The standard InChI is InChI=1S/C17H20F2N6O2.C8H14O2/c1-10-6-12(15(20)24-25(2)21)8-14(23-10)16(26)22-9-11-4-3-5-13(7-11)27-17(18)19;1-10-8(9)7-5-3-2-4-6-7/h3-8,17H,9,21H2,1-2H3,(H2,20,24)(H,22,26);7H,2-6H2,1H3. The summed E-state index contributed by atoms with van der Waals surface area (Å²) in [6.07, 6.45) is 5.74. The minimum atomic E-state index is -2.91. The lowest BCUT2D eigenvalue weighted by Crippen LogP contribution is -2.27. The van der Waals surface area contributed by atoms with Crippen LogP contribution < -0.4 is 21.6 Å². The van der Waals surface area contributed by atoms with E-state index < -0.39 is 12.5 Å². The number of benzene rings is 1. The zero-order valence-electron chi connectivity index (χ0n) is 21.2. The van der Waals surface area contributed by atoms with Crippen molar-refractivity contribution >= 4 is 17.7 Å². The lowest BCUT2D eigenvalue weighted by atomic mass is 9.89. The Kier molecular flexibility index (Phi) is 11.7. The third-order valence-electron chi connectivity index (χ3n) is 5.46. The summed E-state index contributed by atoms with van der Waals surface area (Å²) in [6, 6.07) is 9.22. The highest BCUT2D eigenvalue weighted by Gasteiger charge is 2.21. The second-order valence-corrected chi connectivity index (χ2v) is 8.51. The molecule has 1 amide bonds. The lowest BCUT2D eigenvalue weighted by molar-refractivity contribution is -0.146. The molecule has 1 saturated carbocycles. The number of carbonyl (C=O) groups is 2. The van der Waals surface area contributed by atoms with Crippen LogP contribution in [0.4, 0.5) is 8.78 Å². The number of aryl methyl sites for hydroxylation is 1. The van der Waals surface area contributed by atoms with E-state index in [1.807, 2.05) is 0 Å². The molecule has 5 N–H and O–H groups in total. The summed E-state index contributed by atoms with van der Waals surface area (Å²) in [6.45, 7) is -1.09. The van der Waals surface area contributed by atoms with Gasteiger partial charge in [-0.15, -0.1) is 5.10 Å². The number of hydrazone groups is 1. The van der Waals surface area contributed by atoms with Crippen molar-refractivity contribution in [2.45, 2.75) is 52.2 Å². The zero-order chi connectivity index (χ0) is 27.4. The monoisotopic (exact) mass is 520 g/mol. The van der Waals surface area contributed by atoms with Gasteiger partial charge in [0.15, 0.2) is 5.84 Å². The Morgan fingerprint density at radius 3 is 2.54 bits per heavy atom. The van der Waals surface area contributed by atoms with Gasteiger partial charge >= 0.3 is 12.6 Å². The fourth-order valence-electron chi connectivity index (χ4n) is 3.77. The van der Waals surface area contributed by atoms with Crippen molar-refractivity contribution < 1.29 is 27.8 Å². The molecule has 2 aromatic rings. The number of esters is 1. The molecule has 0 aliphatic heterocycles. The van der Waals surface area contributed by atoms with Gasteiger partial charge < -0.3 is 20.5 Å². The number of methoxy groups -OCH3 is 1. The van der Waals surface area contributed by atoms with E-state index >= 15 is 0 Å². The number of aromatic nitrogens is 1. The normalized spacial score (nSPS) is 13.9. The summed E-state index contributed by atoms with van der Waals surface area (Å²) in [7, 11) is 2.98. The van der Waals surface area contributed by atoms with Gasteiger partial charge in [0.05, 0.1) is 13.0 Å². The first-order valence-electron chi connectivity index (χ1n) is 11.8. The molecule has 0 saturated heterocycles. The summed E-state index contributed by atoms with van der Waals surface area (Å²) in [4.78, 5) is 27.5. The molecule has 1 fully saturated rings. The molecule has 1 heterocycles. The Balaban J connectivity index is 0.000000402. The Bertz CT molecular complexity index is 1070. The Labute approximate surface area is 215 Å². The maximum atomic E-state index is 12.4. The molecule has 0 atom stereocenters. The number of hydrazine groups is 1. The van der Waals surface area contributed by atoms with E-state index in [9.17, 15) is 18.4 Å². The first-order chi connectivity index (χ1) is 17.6. The van der Waals surface area contributed by atoms with Gasteiger partial charge in [0, 0.05) is 24.8 Å². The molecule has 0 unspecified atom stereocenters. The predicted molar refractivity (Wildman–Crippen MR) is 134 cm³/mol. The first kappa shape index (κ1) is 29.4. The van der Waals surface area contributed by atoms with Gasteiger partial charge in [0.25, 0.3) is 5.91 Å². The molecule has 10 nitrogen and oxygen atoms in total. The molecule has 0 bridgehead atoms. The SMILES string of the molecule is COC(=O)C1CCCCC1.Cc1cc(/C(N)=N/N(C)N)cc(C(=O)NCc2cccc(OC(F)F)c2)n1. The van der Waals surface area contributed by atoms with Crippen LogP contribution in [0.2, 0.25) is 0 Å². The summed E-state index contributed by atoms with van der Waals surface area (Å²) >= 11 is 0. The number of nitrogens with zero attached hydrogens (tertiary/aromatic N) is 3. The van der Waals surface area contributed by atoms with Crippen molar-refractivity contribution in [3.63, 3.8) is 0 Å². The number of ether oxygens (including phenoxy) is 2. The number of halogens is 2. The number of rotatable bonds is 8. The Hall–Kier alpha value is -3.80. The van der Waals surface area contributed by atoms with Gasteiger partial charge in [-0.1, -0.05) is 31.4 Å². The van der Waals surface area contributed by atoms with E-state index in [2.05, 4.69) is 24.9 Å². The van der Waals surface area contributed by atoms with Crippen molar-refractivity contribution in [3.8, 4) is 5.75 Å². The van der Waals surface area contributed by atoms with Gasteiger partial charge in [-0.3, -0.25) is 9.59 Å². The third kappa shape index (κ3) is 10.4. The van der Waals surface area contributed by atoms with Crippen LogP contribution in [0.3, 0.4) is 0 Å². The molecular weight excluding hydrogens is 486 g/mol. The van der Waals surface area contributed by atoms with E-state index in [1.165, 1.54) is 51.6 Å². The molecule has 1 aromatic carbocycles. The van der Waals surface area contributed by atoms with E-state index in [-0.39, 0.29) is 35.7 Å². The highest BCUT2D eigenvalue weighted by atomic mass is 19.3. The summed E-state index contributed by atoms with van der Waals surface area (Å²) in [5.41, 5.74) is 7.66. The maximum Gasteiger partial charge on any atom is 0.387 e. The molecule has 12 heteroatoms. The minimum Gasteiger partial charge on any atom is -0.469 e. The number of amides is 1. The number of hydrogen-bond donors (Lipinski definition) is 3. The fourth-order valence-corrected chi connectivity index (χ4v) is 3.77. The van der Waals surface area contributed by atoms with Crippen molar-refractivity contribution in [3.05, 3.63) is 58.9 Å². The number of hydrogen-bond acceptors (Lipinski definition) is 8. The van der Waals surface area contributed by atoms with Crippen LogP contribution in [0.5, 0.6) is 5.75 Å². The molecule has 0 spiro atoms. The molecule has 37 heavy (non-hydrogen) atoms. The summed E-state index contributed by atoms with van der Waals surface area (Å²) in [5, 5.41) is 7.61. The van der Waals surface area contributed by atoms with Crippen LogP contribution in [0.1, 0.15) is 59.4 Å². The summed E-state index contributed by atoms with van der Waals surface area (Å²) < 4.78 is 33.5. The van der Waals surface area contributed by atoms with E-state index in [4.69, 9.17) is 11.6 Å². The number of carbonyl (C=O) groups excluding carboxylic acids is 2. The average molecular weight is 521 g/mol. The van der Waals surface area contributed by atoms with Crippen LogP contribution in [0.15, 0.2) is 41.5 Å². The van der Waals surface area contributed by atoms with Gasteiger partial charge in [-0.2, -0.15) is 8.78 Å². The second kappa shape index (κ2) is 14.7. The Morgan fingerprint density at radius 1 is 1.22 bits per heavy atom. The van der Waals surface area contributed by atoms with Crippen LogP contribution in [0.25, 0.3) is 0 Å². The predicted octanol–water partition coefficient (Wildman–Crippen LogP) is 3.09. The van der Waals surface area contributed by atoms with Crippen LogP contribution in [0, 0.1) is 12.8 Å². The molecular formula is C25H34F2N6O4. The van der Waals surface area contributed by atoms with Crippen molar-refractivity contribution in [1.29, 1.82) is 0 Å². The number of alkyl halides is 2. The van der Waals surface area contributed by atoms with Crippen molar-refractivity contribution in [2.24, 2.45) is 22.6 Å². The highest BCUT2D eigenvalue weighted by molar-refractivity contribution is 6.00. The van der Waals surface area contributed by atoms with E-state index in [1.54, 1.807) is 25.1 Å². The van der Waals surface area contributed by atoms with Crippen LogP contribution in [-0.4, -0.2) is 48.6 Å². The average Bonchev–Trinajstić information content (AvgIpc) is 2.86. The van der Waals surface area contributed by atoms with Crippen LogP contribution >= 0.6 is 0 Å². The number of nitrogens with one attached hydrogen (secondary N) is 1. The van der Waals surface area contributed by atoms with Crippen molar-refractivity contribution in [2.75, 3.05) is 14.2 Å². The third-order valence-corrected chi connectivity index (χ3v) is 5.46. The fraction of sp³-hybridized carbons (Fsp3) is 0.440. The second-order valence-electron chi connectivity index (χ2n) is 8.51. The van der Waals surface area contributed by atoms with Crippen LogP contribution in [-0.2, 0) is 16.1 Å². The molecule has 202 valence electrons. The molecule has 1 aliphatic carbocycles. The highest BCUT2D eigenvalue weighted by Crippen LogP contribution is 2.24. The lowest BCUT2D eigenvalue weighted by Gasteiger charge is -2.18. The quantitative estimate of drug-likeness (QED) is 0.158. The minimum absolute atomic E-state index is 0.0142. The van der Waals surface area contributed by atoms with E-state index in [0.717, 1.165) is 18.0 Å². The van der Waals surface area contributed by atoms with E-state index in [0.29, 0.717) is 16.8 Å². The van der Waals surface area contributed by atoms with Gasteiger partial charge in [0.2, 0.25) is 0 Å². The summed E-state index contributed by atoms with van der Waals surface area (Å²) in [5.74, 6) is 5.33. The molecule has 3 rings (SSSR count). The van der Waals surface area contributed by atoms with Crippen molar-refractivity contribution in [1.82, 2.24) is 15.4 Å². The number of amidine groups is 1. The number of nitrogens with two attached hydrogens (primary N) is 2. The largest absolute Gasteiger partial charge is 0.469 e. The smallest absolute Gasteiger partial charge is 0.387 e. The van der Waals surface area contributed by atoms with Gasteiger partial charge in [0.1, 0.15) is 11.4 Å². The molecule has 0 radical (unpaired) electrons. The zero-order valence-corrected chi connectivity index (χ0v) is 21.2. The van der Waals surface area contributed by atoms with Gasteiger partial charge in [-0.25, -0.2) is 15.9 Å². The maximum absolute atomic E-state index is 12.4. The Morgan fingerprint density at radius 2 is 1.92 bits per heavy atom. The van der Waals surface area contributed by atoms with Gasteiger partial charge in [-0.05, 0) is 49.6 Å². The molecule has 1 aliphatic rings. The first-order valence-corrected chi connectivity index (χ1v) is 11.8. The number of pyridine rings is 1. The molecule has 1 aromatic heterocycles.